The summed E-state index contributed by atoms with van der Waals surface area (Å²) < 4.78 is 5.35. The average molecular weight is 156 g/mol. The predicted octanol–water partition coefficient (Wildman–Crippen LogP) is 2.85. The predicted molar refractivity (Wildman–Crippen MR) is 47.6 cm³/mol. The van der Waals surface area contributed by atoms with Crippen LogP contribution in [0, 0.1) is 11.3 Å². The van der Waals surface area contributed by atoms with E-state index < -0.39 is 0 Å². The molecule has 2 rings (SSSR count). The van der Waals surface area contributed by atoms with Crippen molar-refractivity contribution in [3.8, 4) is 0 Å². The van der Waals surface area contributed by atoms with E-state index >= 15 is 0 Å². The molecule has 0 amide bonds. The molecule has 0 N–H and O–H groups in total. The summed E-state index contributed by atoms with van der Waals surface area (Å²) in [7, 11) is 0. The van der Waals surface area contributed by atoms with Gasteiger partial charge in [-0.25, -0.2) is 0 Å². The maximum absolute atomic E-state index is 5.35. The topological polar surface area (TPSA) is 9.23 Å². The lowest BCUT2D eigenvalue weighted by molar-refractivity contribution is 0.0469. The Hall–Kier alpha value is -0.0400. The molecular weight excluding hydrogens is 136 g/mol. The highest BCUT2D eigenvalue weighted by molar-refractivity contribution is 4.94. The van der Waals surface area contributed by atoms with Gasteiger partial charge in [-0.05, 0) is 30.6 Å². The summed E-state index contributed by atoms with van der Waals surface area (Å²) in [6.07, 6.45) is 4.18. The Morgan fingerprint density at radius 2 is 1.91 bits per heavy atom. The van der Waals surface area contributed by atoms with Crippen LogP contribution in [0.4, 0.5) is 0 Å². The van der Waals surface area contributed by atoms with Crippen molar-refractivity contribution in [3.63, 3.8) is 0 Å². The van der Waals surface area contributed by atoms with Crippen molar-refractivity contribution in [2.24, 2.45) is 11.3 Å². The molecule has 1 saturated carbocycles. The molecule has 1 heterocycles. The molecule has 1 saturated heterocycles. The Kier molecular flexibility index (Phi) is 2.94. The summed E-state index contributed by atoms with van der Waals surface area (Å²) in [5.41, 5.74) is 0.666. The summed E-state index contributed by atoms with van der Waals surface area (Å²) in [4.78, 5) is 0. The lowest BCUT2D eigenvalue weighted by Gasteiger charge is -2.42. The van der Waals surface area contributed by atoms with Gasteiger partial charge in [0.15, 0.2) is 0 Å². The smallest absolute Gasteiger partial charge is 0.0523 e. The highest BCUT2D eigenvalue weighted by Gasteiger charge is 2.44. The van der Waals surface area contributed by atoms with Crippen LogP contribution in [0.3, 0.4) is 0 Å². The van der Waals surface area contributed by atoms with Crippen LogP contribution >= 0.6 is 0 Å². The van der Waals surface area contributed by atoms with Crippen molar-refractivity contribution in [1.82, 2.24) is 0 Å². The minimum Gasteiger partial charge on any atom is -0.381 e. The second-order valence-electron chi connectivity index (χ2n) is 3.82. The van der Waals surface area contributed by atoms with Gasteiger partial charge in [-0.2, -0.15) is 0 Å². The Morgan fingerprint density at radius 3 is 2.27 bits per heavy atom. The zero-order valence-corrected chi connectivity index (χ0v) is 8.02. The van der Waals surface area contributed by atoms with Gasteiger partial charge < -0.3 is 4.74 Å². The Balaban J connectivity index is 0.000000281. The third kappa shape index (κ3) is 1.76. The lowest BCUT2D eigenvalue weighted by atomic mass is 9.62. The van der Waals surface area contributed by atoms with Gasteiger partial charge in [-0.15, -0.1) is 0 Å². The largest absolute Gasteiger partial charge is 0.381 e. The van der Waals surface area contributed by atoms with Crippen molar-refractivity contribution < 1.29 is 4.74 Å². The molecule has 11 heavy (non-hydrogen) atoms. The zero-order chi connectivity index (χ0) is 8.32. The Labute approximate surface area is 70.1 Å². The monoisotopic (exact) mass is 156 g/mol. The van der Waals surface area contributed by atoms with Crippen molar-refractivity contribution in [2.45, 2.75) is 40.0 Å². The van der Waals surface area contributed by atoms with Crippen LogP contribution in [0.1, 0.15) is 40.0 Å². The highest BCUT2D eigenvalue weighted by Crippen LogP contribution is 2.50. The van der Waals surface area contributed by atoms with Gasteiger partial charge in [0.05, 0.1) is 6.61 Å². The maximum Gasteiger partial charge on any atom is 0.0523 e. The molecule has 0 aromatic carbocycles. The SMILES string of the molecule is CC.CC1CC2(CCOC2)C1. The van der Waals surface area contributed by atoms with Gasteiger partial charge in [0.2, 0.25) is 0 Å². The van der Waals surface area contributed by atoms with Crippen molar-refractivity contribution in [1.29, 1.82) is 0 Å². The third-order valence-electron chi connectivity index (χ3n) is 2.75. The Morgan fingerprint density at radius 1 is 1.27 bits per heavy atom. The first kappa shape index (κ1) is 9.05. The summed E-state index contributed by atoms with van der Waals surface area (Å²) >= 11 is 0. The van der Waals surface area contributed by atoms with Crippen LogP contribution in [0.25, 0.3) is 0 Å². The second kappa shape index (κ2) is 3.57. The number of hydrogen-bond acceptors (Lipinski definition) is 1. The first-order valence-electron chi connectivity index (χ1n) is 4.89. The minimum atomic E-state index is 0.666. The average Bonchev–Trinajstić information content (AvgIpc) is 2.40. The molecule has 0 radical (unpaired) electrons. The molecule has 0 bridgehead atoms. The molecule has 2 aliphatic rings. The van der Waals surface area contributed by atoms with Crippen LogP contribution < -0.4 is 0 Å². The zero-order valence-electron chi connectivity index (χ0n) is 8.02. The molecule has 1 heteroatoms. The van der Waals surface area contributed by atoms with Crippen molar-refractivity contribution in [3.05, 3.63) is 0 Å². The molecule has 0 aromatic rings. The minimum absolute atomic E-state index is 0.666. The molecule has 0 unspecified atom stereocenters. The molecule has 1 aliphatic heterocycles. The maximum atomic E-state index is 5.35. The van der Waals surface area contributed by atoms with Crippen LogP contribution in [0.5, 0.6) is 0 Å². The molecule has 1 spiro atoms. The van der Waals surface area contributed by atoms with Crippen LogP contribution in [0.2, 0.25) is 0 Å². The molecule has 66 valence electrons. The van der Waals surface area contributed by atoms with Gasteiger partial charge in [0.25, 0.3) is 0 Å². The molecule has 2 fully saturated rings. The fraction of sp³-hybridized carbons (Fsp3) is 1.00. The van der Waals surface area contributed by atoms with E-state index in [4.69, 9.17) is 4.74 Å². The number of hydrogen-bond donors (Lipinski definition) is 0. The first-order chi connectivity index (χ1) is 5.31. The van der Waals surface area contributed by atoms with Gasteiger partial charge >= 0.3 is 0 Å². The van der Waals surface area contributed by atoms with E-state index in [1.54, 1.807) is 0 Å². The summed E-state index contributed by atoms with van der Waals surface area (Å²) in [5.74, 6) is 0.978. The molecular formula is C10H20O. The van der Waals surface area contributed by atoms with Gasteiger partial charge in [-0.1, -0.05) is 20.8 Å². The van der Waals surface area contributed by atoms with Gasteiger partial charge in [0, 0.05) is 6.61 Å². The molecule has 1 nitrogen and oxygen atoms in total. The van der Waals surface area contributed by atoms with E-state index in [1.165, 1.54) is 19.3 Å². The number of ether oxygens (including phenoxy) is 1. The van der Waals surface area contributed by atoms with Crippen molar-refractivity contribution >= 4 is 0 Å². The summed E-state index contributed by atoms with van der Waals surface area (Å²) in [6.45, 7) is 8.41. The van der Waals surface area contributed by atoms with Crippen LogP contribution in [-0.4, -0.2) is 13.2 Å². The van der Waals surface area contributed by atoms with Gasteiger partial charge in [-0.3, -0.25) is 0 Å². The van der Waals surface area contributed by atoms with E-state index in [2.05, 4.69) is 6.92 Å². The van der Waals surface area contributed by atoms with Crippen molar-refractivity contribution in [2.75, 3.05) is 13.2 Å². The molecule has 0 aromatic heterocycles. The van der Waals surface area contributed by atoms with Crippen LogP contribution in [-0.2, 0) is 4.74 Å². The quantitative estimate of drug-likeness (QED) is 0.524. The Bertz CT molecular complexity index is 106. The lowest BCUT2D eigenvalue weighted by Crippen LogP contribution is -2.35. The molecule has 0 atom stereocenters. The standard InChI is InChI=1S/C8H14O.C2H6/c1-7-4-8(5-7)2-3-9-6-8;1-2/h7H,2-6H2,1H3;1-2H3. The molecule has 1 aliphatic carbocycles. The highest BCUT2D eigenvalue weighted by atomic mass is 16.5. The van der Waals surface area contributed by atoms with E-state index in [9.17, 15) is 0 Å². The fourth-order valence-corrected chi connectivity index (χ4v) is 2.39. The van der Waals surface area contributed by atoms with E-state index in [1.807, 2.05) is 13.8 Å². The second-order valence-corrected chi connectivity index (χ2v) is 3.82. The fourth-order valence-electron chi connectivity index (χ4n) is 2.39. The summed E-state index contributed by atoms with van der Waals surface area (Å²) in [5, 5.41) is 0. The first-order valence-corrected chi connectivity index (χ1v) is 4.89. The normalized spacial score (nSPS) is 41.2. The van der Waals surface area contributed by atoms with E-state index in [0.29, 0.717) is 5.41 Å². The van der Waals surface area contributed by atoms with E-state index in [-0.39, 0.29) is 0 Å². The van der Waals surface area contributed by atoms with E-state index in [0.717, 1.165) is 19.1 Å². The summed E-state index contributed by atoms with van der Waals surface area (Å²) in [6, 6.07) is 0. The third-order valence-corrected chi connectivity index (χ3v) is 2.75. The number of rotatable bonds is 0. The van der Waals surface area contributed by atoms with Gasteiger partial charge in [0.1, 0.15) is 0 Å². The van der Waals surface area contributed by atoms with Crippen LogP contribution in [0.15, 0.2) is 0 Å².